The van der Waals surface area contributed by atoms with Crippen molar-refractivity contribution in [3.05, 3.63) is 22.7 Å². The van der Waals surface area contributed by atoms with Gasteiger partial charge in [0.05, 0.1) is 16.3 Å². The minimum Gasteiger partial charge on any atom is -0.399 e. The van der Waals surface area contributed by atoms with Gasteiger partial charge in [-0.1, -0.05) is 24.9 Å². The van der Waals surface area contributed by atoms with Crippen molar-refractivity contribution in [3.8, 4) is 0 Å². The van der Waals surface area contributed by atoms with Crippen LogP contribution in [0.15, 0.2) is 12.1 Å². The second-order valence-electron chi connectivity index (χ2n) is 5.39. The summed E-state index contributed by atoms with van der Waals surface area (Å²) in [6.07, 6.45) is 4.82. The van der Waals surface area contributed by atoms with E-state index in [0.29, 0.717) is 27.4 Å². The minimum atomic E-state index is -0.517. The highest BCUT2D eigenvalue weighted by atomic mass is 35.5. The maximum Gasteiger partial charge on any atom is 0.250 e. The SMILES string of the molecule is CCCC1(CNc2c(Cl)cc(N)cc2C(N)=O)CC1. The molecule has 0 aliphatic heterocycles. The zero-order valence-electron chi connectivity index (χ0n) is 11.1. The lowest BCUT2D eigenvalue weighted by molar-refractivity contribution is 0.100. The number of nitrogens with one attached hydrogen (secondary N) is 1. The van der Waals surface area contributed by atoms with Gasteiger partial charge in [-0.25, -0.2) is 0 Å². The molecule has 0 spiro atoms. The van der Waals surface area contributed by atoms with Crippen molar-refractivity contribution < 1.29 is 4.79 Å². The molecule has 5 N–H and O–H groups in total. The van der Waals surface area contributed by atoms with Crippen LogP contribution in [0.25, 0.3) is 0 Å². The van der Waals surface area contributed by atoms with Crippen molar-refractivity contribution in [1.29, 1.82) is 0 Å². The van der Waals surface area contributed by atoms with E-state index in [9.17, 15) is 4.79 Å². The fraction of sp³-hybridized carbons (Fsp3) is 0.500. The van der Waals surface area contributed by atoms with Gasteiger partial charge in [0, 0.05) is 12.2 Å². The van der Waals surface area contributed by atoms with E-state index in [-0.39, 0.29) is 0 Å². The molecule has 104 valence electrons. The normalized spacial score (nSPS) is 16.1. The Kier molecular flexibility index (Phi) is 3.90. The first-order valence-corrected chi connectivity index (χ1v) is 6.98. The third-order valence-corrected chi connectivity index (χ3v) is 4.05. The maximum absolute atomic E-state index is 11.5. The average Bonchev–Trinajstić information content (AvgIpc) is 3.07. The first kappa shape index (κ1) is 14.0. The Morgan fingerprint density at radius 1 is 1.47 bits per heavy atom. The molecule has 0 saturated heterocycles. The summed E-state index contributed by atoms with van der Waals surface area (Å²) in [5, 5.41) is 3.73. The lowest BCUT2D eigenvalue weighted by Gasteiger charge is -2.18. The number of hydrogen-bond donors (Lipinski definition) is 3. The van der Waals surface area contributed by atoms with Crippen LogP contribution in [0.4, 0.5) is 11.4 Å². The Bertz CT molecular complexity index is 498. The van der Waals surface area contributed by atoms with Crippen molar-refractivity contribution in [1.82, 2.24) is 0 Å². The Labute approximate surface area is 118 Å². The van der Waals surface area contributed by atoms with Crippen LogP contribution in [0.3, 0.4) is 0 Å². The van der Waals surface area contributed by atoms with Gasteiger partial charge in [0.2, 0.25) is 0 Å². The number of hydrogen-bond acceptors (Lipinski definition) is 3. The van der Waals surface area contributed by atoms with Gasteiger partial charge in [0.25, 0.3) is 5.91 Å². The van der Waals surface area contributed by atoms with E-state index < -0.39 is 5.91 Å². The molecule has 1 aromatic rings. The number of primary amides is 1. The van der Waals surface area contributed by atoms with Gasteiger partial charge >= 0.3 is 0 Å². The molecule has 1 saturated carbocycles. The second-order valence-corrected chi connectivity index (χ2v) is 5.80. The molecule has 0 bridgehead atoms. The topological polar surface area (TPSA) is 81.1 Å². The highest BCUT2D eigenvalue weighted by Gasteiger charge is 2.41. The van der Waals surface area contributed by atoms with E-state index in [4.69, 9.17) is 23.1 Å². The molecule has 5 heteroatoms. The van der Waals surface area contributed by atoms with Crippen LogP contribution in [-0.2, 0) is 0 Å². The number of carbonyl (C=O) groups excluding carboxylic acids is 1. The van der Waals surface area contributed by atoms with E-state index in [1.807, 2.05) is 0 Å². The molecule has 1 amide bonds. The first-order chi connectivity index (χ1) is 8.97. The molecule has 1 aliphatic rings. The highest BCUT2D eigenvalue weighted by molar-refractivity contribution is 6.34. The van der Waals surface area contributed by atoms with Gasteiger partial charge < -0.3 is 16.8 Å². The van der Waals surface area contributed by atoms with Crippen LogP contribution in [0.5, 0.6) is 0 Å². The van der Waals surface area contributed by atoms with Gasteiger partial charge in [-0.2, -0.15) is 0 Å². The fourth-order valence-electron chi connectivity index (χ4n) is 2.50. The van der Waals surface area contributed by atoms with Gasteiger partial charge in [-0.15, -0.1) is 0 Å². The molecule has 1 fully saturated rings. The van der Waals surface area contributed by atoms with E-state index in [0.717, 1.165) is 6.54 Å². The summed E-state index contributed by atoms with van der Waals surface area (Å²) in [4.78, 5) is 11.5. The minimum absolute atomic E-state index is 0.359. The van der Waals surface area contributed by atoms with Crippen LogP contribution < -0.4 is 16.8 Å². The molecule has 0 radical (unpaired) electrons. The first-order valence-electron chi connectivity index (χ1n) is 6.60. The monoisotopic (exact) mass is 281 g/mol. The molecular formula is C14H20ClN3O. The number of anilines is 2. The van der Waals surface area contributed by atoms with E-state index >= 15 is 0 Å². The van der Waals surface area contributed by atoms with Gasteiger partial charge in [-0.3, -0.25) is 4.79 Å². The Balaban J connectivity index is 2.18. The van der Waals surface area contributed by atoms with E-state index in [1.54, 1.807) is 12.1 Å². The molecule has 0 aromatic heterocycles. The fourth-order valence-corrected chi connectivity index (χ4v) is 2.79. The number of benzene rings is 1. The van der Waals surface area contributed by atoms with Crippen LogP contribution in [0, 0.1) is 5.41 Å². The molecule has 2 rings (SSSR count). The van der Waals surface area contributed by atoms with E-state index in [1.165, 1.54) is 25.7 Å². The molecule has 0 heterocycles. The Hall–Kier alpha value is -1.42. The second kappa shape index (κ2) is 5.29. The lowest BCUT2D eigenvalue weighted by atomic mass is 10.0. The number of rotatable bonds is 6. The standard InChI is InChI=1S/C14H20ClN3O/c1-2-3-14(4-5-14)8-18-12-10(13(17)19)6-9(16)7-11(12)15/h6-7,18H,2-5,8,16H2,1H3,(H2,17,19). The summed E-state index contributed by atoms with van der Waals surface area (Å²) in [5.41, 5.74) is 12.8. The molecule has 19 heavy (non-hydrogen) atoms. The van der Waals surface area contributed by atoms with Crippen LogP contribution >= 0.6 is 11.6 Å². The summed E-state index contributed by atoms with van der Waals surface area (Å²) < 4.78 is 0. The smallest absolute Gasteiger partial charge is 0.250 e. The third-order valence-electron chi connectivity index (χ3n) is 3.76. The molecule has 0 unspecified atom stereocenters. The van der Waals surface area contributed by atoms with Crippen molar-refractivity contribution in [3.63, 3.8) is 0 Å². The van der Waals surface area contributed by atoms with Gasteiger partial charge in [0.15, 0.2) is 0 Å². The zero-order valence-corrected chi connectivity index (χ0v) is 11.9. The molecule has 4 nitrogen and oxygen atoms in total. The van der Waals surface area contributed by atoms with Crippen molar-refractivity contribution in [2.45, 2.75) is 32.6 Å². The summed E-state index contributed by atoms with van der Waals surface area (Å²) in [6.45, 7) is 3.01. The maximum atomic E-state index is 11.5. The number of halogens is 1. The molecular weight excluding hydrogens is 262 g/mol. The van der Waals surface area contributed by atoms with Crippen LogP contribution in [0.1, 0.15) is 43.0 Å². The number of amides is 1. The highest BCUT2D eigenvalue weighted by Crippen LogP contribution is 2.49. The van der Waals surface area contributed by atoms with Crippen LogP contribution in [0.2, 0.25) is 5.02 Å². The average molecular weight is 282 g/mol. The summed E-state index contributed by atoms with van der Waals surface area (Å²) in [6, 6.07) is 3.20. The molecule has 1 aliphatic carbocycles. The van der Waals surface area contributed by atoms with Crippen molar-refractivity contribution in [2.24, 2.45) is 11.1 Å². The van der Waals surface area contributed by atoms with Crippen LogP contribution in [-0.4, -0.2) is 12.5 Å². The Morgan fingerprint density at radius 2 is 2.16 bits per heavy atom. The number of nitrogen functional groups attached to an aromatic ring is 1. The third kappa shape index (κ3) is 3.13. The zero-order chi connectivity index (χ0) is 14.0. The summed E-state index contributed by atoms with van der Waals surface area (Å²) in [5.74, 6) is -0.517. The van der Waals surface area contributed by atoms with Crippen molar-refractivity contribution >= 4 is 28.9 Å². The molecule has 1 aromatic carbocycles. The summed E-state index contributed by atoms with van der Waals surface area (Å²) in [7, 11) is 0. The molecule has 0 atom stereocenters. The summed E-state index contributed by atoms with van der Waals surface area (Å²) >= 11 is 6.15. The predicted molar refractivity (Wildman–Crippen MR) is 79.4 cm³/mol. The Morgan fingerprint density at radius 3 is 2.68 bits per heavy atom. The largest absolute Gasteiger partial charge is 0.399 e. The van der Waals surface area contributed by atoms with Gasteiger partial charge in [-0.05, 0) is 36.8 Å². The van der Waals surface area contributed by atoms with E-state index in [2.05, 4.69) is 12.2 Å². The predicted octanol–water partition coefficient (Wildman–Crippen LogP) is 3.01. The lowest BCUT2D eigenvalue weighted by Crippen LogP contribution is -2.20. The quantitative estimate of drug-likeness (QED) is 0.701. The van der Waals surface area contributed by atoms with Crippen molar-refractivity contribution in [2.75, 3.05) is 17.6 Å². The van der Waals surface area contributed by atoms with Gasteiger partial charge in [0.1, 0.15) is 0 Å². The number of carbonyl (C=O) groups is 1. The number of nitrogens with two attached hydrogens (primary N) is 2.